The Morgan fingerprint density at radius 1 is 1.21 bits per heavy atom. The third kappa shape index (κ3) is 3.94. The molecule has 0 saturated carbocycles. The fraction of sp³-hybridized carbons (Fsp3) is 0.300. The molecule has 0 spiro atoms. The van der Waals surface area contributed by atoms with E-state index in [0.717, 1.165) is 23.4 Å². The number of nitrogens with zero attached hydrogens (tertiary/aromatic N) is 4. The van der Waals surface area contributed by atoms with Crippen molar-refractivity contribution in [2.45, 2.75) is 19.5 Å². The van der Waals surface area contributed by atoms with Crippen molar-refractivity contribution in [1.82, 2.24) is 24.8 Å². The van der Waals surface area contributed by atoms with E-state index in [1.54, 1.807) is 26.6 Å². The van der Waals surface area contributed by atoms with Crippen molar-refractivity contribution < 1.29 is 9.47 Å². The van der Waals surface area contributed by atoms with Gasteiger partial charge in [-0.3, -0.25) is 9.69 Å². The molecule has 0 unspecified atom stereocenters. The molecule has 0 bridgehead atoms. The number of hydrogen-bond acceptors (Lipinski definition) is 7. The Kier molecular flexibility index (Phi) is 5.46. The second-order valence-corrected chi connectivity index (χ2v) is 7.15. The monoisotopic (exact) mass is 413 g/mol. The van der Waals surface area contributed by atoms with Gasteiger partial charge in [0.1, 0.15) is 12.2 Å². The number of halogens is 1. The van der Waals surface area contributed by atoms with Crippen molar-refractivity contribution in [2.75, 3.05) is 20.8 Å². The molecule has 1 aromatic carbocycles. The van der Waals surface area contributed by atoms with Crippen LogP contribution in [0.4, 0.5) is 0 Å². The number of benzene rings is 1. The fourth-order valence-electron chi connectivity index (χ4n) is 3.51. The number of nitrogens with one attached hydrogen (secondary N) is 1. The highest BCUT2D eigenvalue weighted by atomic mass is 35.5. The van der Waals surface area contributed by atoms with Gasteiger partial charge in [0.25, 0.3) is 5.56 Å². The van der Waals surface area contributed by atoms with Crippen molar-refractivity contribution in [1.29, 1.82) is 0 Å². The molecule has 0 saturated heterocycles. The summed E-state index contributed by atoms with van der Waals surface area (Å²) in [5.41, 5.74) is 3.06. The molecule has 3 aromatic rings. The quantitative estimate of drug-likeness (QED) is 0.686. The number of ether oxygens (including phenoxy) is 2. The number of fused-ring (bicyclic) bond motifs is 1. The first kappa shape index (κ1) is 19.4. The van der Waals surface area contributed by atoms with Gasteiger partial charge in [0.15, 0.2) is 11.5 Å². The van der Waals surface area contributed by atoms with E-state index in [9.17, 15) is 4.79 Å². The largest absolute Gasteiger partial charge is 0.493 e. The van der Waals surface area contributed by atoms with Crippen LogP contribution in [0.5, 0.6) is 11.5 Å². The lowest BCUT2D eigenvalue weighted by Crippen LogP contribution is -2.35. The average molecular weight is 414 g/mol. The predicted octanol–water partition coefficient (Wildman–Crippen LogP) is 2.46. The van der Waals surface area contributed by atoms with Gasteiger partial charge in [-0.25, -0.2) is 15.0 Å². The first-order chi connectivity index (χ1) is 14.1. The third-order valence-corrected chi connectivity index (χ3v) is 5.17. The molecule has 1 N–H and O–H groups in total. The van der Waals surface area contributed by atoms with Crippen LogP contribution >= 0.6 is 11.6 Å². The third-order valence-electron chi connectivity index (χ3n) is 4.89. The highest BCUT2D eigenvalue weighted by Gasteiger charge is 2.22. The lowest BCUT2D eigenvalue weighted by Gasteiger charge is -2.28. The van der Waals surface area contributed by atoms with E-state index in [1.807, 2.05) is 12.1 Å². The molecule has 0 atom stereocenters. The Bertz CT molecular complexity index is 1090. The summed E-state index contributed by atoms with van der Waals surface area (Å²) >= 11 is 6.33. The second-order valence-electron chi connectivity index (χ2n) is 6.74. The van der Waals surface area contributed by atoms with Gasteiger partial charge in [0.2, 0.25) is 0 Å². The summed E-state index contributed by atoms with van der Waals surface area (Å²) in [6.07, 6.45) is 5.33. The molecule has 1 aliphatic heterocycles. The van der Waals surface area contributed by atoms with E-state index >= 15 is 0 Å². The van der Waals surface area contributed by atoms with Crippen molar-refractivity contribution >= 4 is 11.6 Å². The molecular formula is C20H20ClN5O3. The van der Waals surface area contributed by atoms with Crippen LogP contribution in [0.15, 0.2) is 35.6 Å². The first-order valence-electron chi connectivity index (χ1n) is 9.09. The summed E-state index contributed by atoms with van der Waals surface area (Å²) in [7, 11) is 3.14. The van der Waals surface area contributed by atoms with E-state index in [2.05, 4.69) is 24.8 Å². The summed E-state index contributed by atoms with van der Waals surface area (Å²) in [5.74, 6) is 1.59. The first-order valence-corrected chi connectivity index (χ1v) is 9.47. The standard InChI is InChI=1S/C20H20ClN5O3/c1-28-17-6-12(5-15(21)18(17)29-2)9-26-4-3-14-16(10-26)24-19(25-20(14)27)13-7-22-11-23-8-13/h5-8,11H,3-4,9-10H2,1-2H3,(H,24,25,27). The summed E-state index contributed by atoms with van der Waals surface area (Å²) in [6, 6.07) is 3.79. The van der Waals surface area contributed by atoms with Gasteiger partial charge in [-0.15, -0.1) is 0 Å². The lowest BCUT2D eigenvalue weighted by atomic mass is 10.0. The zero-order valence-corrected chi connectivity index (χ0v) is 16.9. The van der Waals surface area contributed by atoms with Gasteiger partial charge >= 0.3 is 0 Å². The Morgan fingerprint density at radius 3 is 2.72 bits per heavy atom. The van der Waals surface area contributed by atoms with Gasteiger partial charge in [-0.05, 0) is 24.1 Å². The van der Waals surface area contributed by atoms with Crippen LogP contribution in [-0.4, -0.2) is 45.6 Å². The Balaban J connectivity index is 1.60. The summed E-state index contributed by atoms with van der Waals surface area (Å²) in [6.45, 7) is 1.96. The maximum Gasteiger partial charge on any atom is 0.254 e. The predicted molar refractivity (Wildman–Crippen MR) is 108 cm³/mol. The summed E-state index contributed by atoms with van der Waals surface area (Å²) in [4.78, 5) is 30.2. The maximum atomic E-state index is 12.5. The van der Waals surface area contributed by atoms with E-state index in [1.165, 1.54) is 6.33 Å². The molecule has 9 heteroatoms. The molecule has 0 fully saturated rings. The van der Waals surface area contributed by atoms with Crippen molar-refractivity contribution in [3.05, 3.63) is 63.1 Å². The number of H-pyrrole nitrogens is 1. The maximum absolute atomic E-state index is 12.5. The van der Waals surface area contributed by atoms with E-state index < -0.39 is 0 Å². The molecule has 29 heavy (non-hydrogen) atoms. The minimum absolute atomic E-state index is 0.109. The van der Waals surface area contributed by atoms with Crippen molar-refractivity contribution in [3.63, 3.8) is 0 Å². The molecule has 0 aliphatic carbocycles. The smallest absolute Gasteiger partial charge is 0.254 e. The van der Waals surface area contributed by atoms with Gasteiger partial charge in [-0.1, -0.05) is 11.6 Å². The Hall–Kier alpha value is -2.97. The molecule has 8 nitrogen and oxygen atoms in total. The fourth-order valence-corrected chi connectivity index (χ4v) is 3.82. The average Bonchev–Trinajstić information content (AvgIpc) is 2.73. The number of hydrogen-bond donors (Lipinski definition) is 1. The van der Waals surface area contributed by atoms with Crippen LogP contribution < -0.4 is 15.0 Å². The molecule has 3 heterocycles. The number of methoxy groups -OCH3 is 2. The van der Waals surface area contributed by atoms with Crippen LogP contribution in [0.2, 0.25) is 5.02 Å². The highest BCUT2D eigenvalue weighted by Crippen LogP contribution is 2.36. The second kappa shape index (κ2) is 8.18. The highest BCUT2D eigenvalue weighted by molar-refractivity contribution is 6.32. The molecule has 0 radical (unpaired) electrons. The topological polar surface area (TPSA) is 93.2 Å². The van der Waals surface area contributed by atoms with Gasteiger partial charge < -0.3 is 14.5 Å². The van der Waals surface area contributed by atoms with Crippen LogP contribution in [0.25, 0.3) is 11.4 Å². The normalized spacial score (nSPS) is 13.8. The van der Waals surface area contributed by atoms with E-state index in [-0.39, 0.29) is 5.56 Å². The van der Waals surface area contributed by atoms with E-state index in [4.69, 9.17) is 21.1 Å². The van der Waals surface area contributed by atoms with Crippen LogP contribution in [0.3, 0.4) is 0 Å². The van der Waals surface area contributed by atoms with Crippen LogP contribution in [0.1, 0.15) is 16.8 Å². The van der Waals surface area contributed by atoms with Crippen molar-refractivity contribution in [3.8, 4) is 22.9 Å². The lowest BCUT2D eigenvalue weighted by molar-refractivity contribution is 0.240. The number of rotatable bonds is 5. The SMILES string of the molecule is COc1cc(CN2CCc3c(nc(-c4cncnc4)[nH]c3=O)C2)cc(Cl)c1OC. The zero-order valence-electron chi connectivity index (χ0n) is 16.1. The molecule has 2 aromatic heterocycles. The summed E-state index contributed by atoms with van der Waals surface area (Å²) < 4.78 is 10.7. The van der Waals surface area contributed by atoms with Crippen LogP contribution in [-0.2, 0) is 19.5 Å². The molecule has 0 amide bonds. The summed E-state index contributed by atoms with van der Waals surface area (Å²) in [5, 5.41) is 0.500. The zero-order chi connectivity index (χ0) is 20.4. The molecular weight excluding hydrogens is 394 g/mol. The minimum Gasteiger partial charge on any atom is -0.493 e. The van der Waals surface area contributed by atoms with Gasteiger partial charge in [0.05, 0.1) is 30.5 Å². The van der Waals surface area contributed by atoms with E-state index in [0.29, 0.717) is 47.4 Å². The van der Waals surface area contributed by atoms with Gasteiger partial charge in [0, 0.05) is 37.6 Å². The van der Waals surface area contributed by atoms with Gasteiger partial charge in [-0.2, -0.15) is 0 Å². The molecule has 4 rings (SSSR count). The van der Waals surface area contributed by atoms with Crippen LogP contribution in [0, 0.1) is 0 Å². The minimum atomic E-state index is -0.109. The number of aromatic amines is 1. The molecule has 1 aliphatic rings. The van der Waals surface area contributed by atoms with Crippen molar-refractivity contribution in [2.24, 2.45) is 0 Å². The Morgan fingerprint density at radius 2 is 2.00 bits per heavy atom. The molecule has 150 valence electrons. The Labute approximate surface area is 172 Å². The number of aromatic nitrogens is 4.